The van der Waals surface area contributed by atoms with Gasteiger partial charge in [-0.3, -0.25) is 19.6 Å². The average Bonchev–Trinajstić information content (AvgIpc) is 3.31. The Morgan fingerprint density at radius 1 is 1.11 bits per heavy atom. The Labute approximate surface area is 164 Å². The molecule has 0 spiro atoms. The number of hydrogen-bond donors (Lipinski definition) is 2. The minimum atomic E-state index is -3.92. The smallest absolute Gasteiger partial charge is 0.285 e. The molecule has 0 atom stereocenters. The second kappa shape index (κ2) is 7.15. The maximum absolute atomic E-state index is 12.5. The summed E-state index contributed by atoms with van der Waals surface area (Å²) in [4.78, 5) is 23.9. The van der Waals surface area contributed by atoms with Gasteiger partial charge in [0.05, 0.1) is 16.3 Å². The summed E-state index contributed by atoms with van der Waals surface area (Å²) in [7, 11) is -3.92. The maximum atomic E-state index is 12.5. The van der Waals surface area contributed by atoms with Crippen molar-refractivity contribution in [2.45, 2.75) is 11.1 Å². The van der Waals surface area contributed by atoms with Crippen molar-refractivity contribution in [3.8, 4) is 10.6 Å². The summed E-state index contributed by atoms with van der Waals surface area (Å²) >= 11 is 1.07. The highest BCUT2D eigenvalue weighted by Crippen LogP contribution is 2.29. The molecule has 0 fully saturated rings. The van der Waals surface area contributed by atoms with Gasteiger partial charge in [-0.15, -0.1) is 16.2 Å². The van der Waals surface area contributed by atoms with E-state index in [-0.39, 0.29) is 9.90 Å². The normalized spacial score (nSPS) is 11.6. The predicted octanol–water partition coefficient (Wildman–Crippen LogP) is 2.39. The molecule has 4 aromatic heterocycles. The van der Waals surface area contributed by atoms with Crippen LogP contribution < -0.4 is 10.3 Å². The maximum Gasteiger partial charge on any atom is 0.285 e. The zero-order valence-electron chi connectivity index (χ0n) is 14.7. The van der Waals surface area contributed by atoms with Crippen LogP contribution in [0.5, 0.6) is 0 Å². The van der Waals surface area contributed by atoms with E-state index in [0.717, 1.165) is 11.3 Å². The van der Waals surface area contributed by atoms with Crippen molar-refractivity contribution in [2.24, 2.45) is 0 Å². The van der Waals surface area contributed by atoms with Gasteiger partial charge in [0.15, 0.2) is 0 Å². The summed E-state index contributed by atoms with van der Waals surface area (Å²) in [5.41, 5.74) is 4.30. The molecule has 0 saturated heterocycles. The van der Waals surface area contributed by atoms with Crippen LogP contribution >= 0.6 is 11.3 Å². The molecule has 4 aromatic rings. The molecule has 0 radical (unpaired) electrons. The topological polar surface area (TPSA) is 105 Å². The number of nitrogens with zero attached hydrogens (tertiary/aromatic N) is 3. The molecule has 4 heterocycles. The third kappa shape index (κ3) is 3.40. The number of hydrazine groups is 1. The first-order valence-electron chi connectivity index (χ1n) is 8.23. The quantitative estimate of drug-likeness (QED) is 0.489. The first-order valence-corrected chi connectivity index (χ1v) is 10.5. The van der Waals surface area contributed by atoms with E-state index in [1.165, 1.54) is 6.07 Å². The van der Waals surface area contributed by atoms with Gasteiger partial charge in [-0.05, 0) is 43.3 Å². The van der Waals surface area contributed by atoms with Crippen LogP contribution in [0.4, 0.5) is 0 Å². The Kier molecular flexibility index (Phi) is 4.67. The van der Waals surface area contributed by atoms with Gasteiger partial charge in [0.2, 0.25) is 0 Å². The van der Waals surface area contributed by atoms with E-state index in [4.69, 9.17) is 0 Å². The number of hydrogen-bond acceptors (Lipinski definition) is 6. The summed E-state index contributed by atoms with van der Waals surface area (Å²) in [5.74, 6) is -0.596. The number of thiophene rings is 1. The second-order valence-electron chi connectivity index (χ2n) is 5.87. The highest BCUT2D eigenvalue weighted by molar-refractivity contribution is 7.91. The molecule has 142 valence electrons. The molecule has 0 bridgehead atoms. The molecule has 0 aliphatic rings. The minimum Gasteiger partial charge on any atom is -0.295 e. The lowest BCUT2D eigenvalue weighted by atomic mass is 10.3. The third-order valence-corrected chi connectivity index (χ3v) is 6.83. The molecule has 8 nitrogen and oxygen atoms in total. The monoisotopic (exact) mass is 413 g/mol. The van der Waals surface area contributed by atoms with Crippen molar-refractivity contribution in [1.82, 2.24) is 24.6 Å². The first-order chi connectivity index (χ1) is 13.5. The Bertz CT molecular complexity index is 1260. The number of carbonyl (C=O) groups is 1. The summed E-state index contributed by atoms with van der Waals surface area (Å²) in [6.45, 7) is 1.69. The van der Waals surface area contributed by atoms with E-state index < -0.39 is 15.9 Å². The number of rotatable bonds is 5. The van der Waals surface area contributed by atoms with Crippen LogP contribution in [-0.4, -0.2) is 28.7 Å². The lowest BCUT2D eigenvalue weighted by Crippen LogP contribution is -2.41. The SMILES string of the molecule is Cc1nc2ccccn2c1C(=O)NNS(=O)(=O)c1ccc(-c2ccccn2)s1. The number of imidazole rings is 1. The molecule has 0 unspecified atom stereocenters. The van der Waals surface area contributed by atoms with E-state index in [1.807, 2.05) is 12.1 Å². The fourth-order valence-corrected chi connectivity index (χ4v) is 4.84. The number of aromatic nitrogens is 3. The first kappa shape index (κ1) is 18.3. The molecule has 4 rings (SSSR count). The minimum absolute atomic E-state index is 0.0725. The summed E-state index contributed by atoms with van der Waals surface area (Å²) in [5, 5.41) is 0. The lowest BCUT2D eigenvalue weighted by molar-refractivity contribution is 0.0938. The van der Waals surface area contributed by atoms with Gasteiger partial charge >= 0.3 is 0 Å². The molecule has 0 saturated carbocycles. The summed E-state index contributed by atoms with van der Waals surface area (Å²) in [6.07, 6.45) is 3.33. The number of amides is 1. The van der Waals surface area contributed by atoms with E-state index in [0.29, 0.717) is 21.9 Å². The van der Waals surface area contributed by atoms with Gasteiger partial charge in [-0.25, -0.2) is 13.4 Å². The van der Waals surface area contributed by atoms with E-state index >= 15 is 0 Å². The van der Waals surface area contributed by atoms with Gasteiger partial charge < -0.3 is 0 Å². The highest BCUT2D eigenvalue weighted by Gasteiger charge is 2.21. The summed E-state index contributed by atoms with van der Waals surface area (Å²) < 4.78 is 26.8. The van der Waals surface area contributed by atoms with Crippen LogP contribution in [0.2, 0.25) is 0 Å². The van der Waals surface area contributed by atoms with Crippen LogP contribution in [0.3, 0.4) is 0 Å². The Balaban J connectivity index is 1.53. The number of sulfonamides is 1. The van der Waals surface area contributed by atoms with Crippen LogP contribution in [0.25, 0.3) is 16.2 Å². The van der Waals surface area contributed by atoms with Crippen molar-refractivity contribution >= 4 is 32.9 Å². The summed E-state index contributed by atoms with van der Waals surface area (Å²) in [6, 6.07) is 13.9. The number of aryl methyl sites for hydroxylation is 1. The molecule has 0 aromatic carbocycles. The molecule has 28 heavy (non-hydrogen) atoms. The van der Waals surface area contributed by atoms with Gasteiger partial charge in [0.25, 0.3) is 15.9 Å². The van der Waals surface area contributed by atoms with Crippen molar-refractivity contribution in [3.05, 3.63) is 72.3 Å². The van der Waals surface area contributed by atoms with Crippen molar-refractivity contribution in [1.29, 1.82) is 0 Å². The zero-order valence-corrected chi connectivity index (χ0v) is 16.3. The third-order valence-electron chi connectivity index (χ3n) is 3.98. The molecule has 2 N–H and O–H groups in total. The Morgan fingerprint density at radius 3 is 2.71 bits per heavy atom. The molecule has 0 aliphatic heterocycles. The van der Waals surface area contributed by atoms with Gasteiger partial charge in [-0.2, -0.15) is 0 Å². The van der Waals surface area contributed by atoms with Crippen LogP contribution in [-0.2, 0) is 10.0 Å². The Morgan fingerprint density at radius 2 is 1.93 bits per heavy atom. The number of pyridine rings is 2. The van der Waals surface area contributed by atoms with Gasteiger partial charge in [-0.1, -0.05) is 12.1 Å². The fourth-order valence-electron chi connectivity index (χ4n) is 2.72. The number of carbonyl (C=O) groups excluding carboxylic acids is 1. The van der Waals surface area contributed by atoms with Gasteiger partial charge in [0, 0.05) is 12.4 Å². The van der Waals surface area contributed by atoms with Crippen LogP contribution in [0.15, 0.2) is 65.1 Å². The largest absolute Gasteiger partial charge is 0.295 e. The van der Waals surface area contributed by atoms with Crippen LogP contribution in [0.1, 0.15) is 16.2 Å². The van der Waals surface area contributed by atoms with Crippen molar-refractivity contribution < 1.29 is 13.2 Å². The van der Waals surface area contributed by atoms with E-state index in [9.17, 15) is 13.2 Å². The second-order valence-corrected chi connectivity index (χ2v) is 8.86. The average molecular weight is 413 g/mol. The van der Waals surface area contributed by atoms with E-state index in [2.05, 4.69) is 20.2 Å². The zero-order chi connectivity index (χ0) is 19.7. The highest BCUT2D eigenvalue weighted by atomic mass is 32.2. The van der Waals surface area contributed by atoms with E-state index in [1.54, 1.807) is 54.0 Å². The molecular weight excluding hydrogens is 398 g/mol. The molecule has 0 aliphatic carbocycles. The lowest BCUT2D eigenvalue weighted by Gasteiger charge is -2.07. The van der Waals surface area contributed by atoms with Crippen molar-refractivity contribution in [2.75, 3.05) is 0 Å². The fraction of sp³-hybridized carbons (Fsp3) is 0.0556. The standard InChI is InChI=1S/C18H15N5O3S2/c1-12-17(23-11-5-3-7-15(23)20-12)18(24)21-22-28(25,26)16-9-8-14(27-16)13-6-2-4-10-19-13/h2-11,22H,1H3,(H,21,24). The van der Waals surface area contributed by atoms with Crippen molar-refractivity contribution in [3.63, 3.8) is 0 Å². The number of fused-ring (bicyclic) bond motifs is 1. The molecule has 1 amide bonds. The van der Waals surface area contributed by atoms with Gasteiger partial charge in [0.1, 0.15) is 15.6 Å². The molecular formula is C18H15N5O3S2. The molecule has 10 heteroatoms. The Hall–Kier alpha value is -3.08. The predicted molar refractivity (Wildman–Crippen MR) is 105 cm³/mol. The van der Waals surface area contributed by atoms with Crippen LogP contribution in [0, 0.1) is 6.92 Å². The number of nitrogens with one attached hydrogen (secondary N) is 2.